The predicted molar refractivity (Wildman–Crippen MR) is 130 cm³/mol. The lowest BCUT2D eigenvalue weighted by atomic mass is 10.1. The highest BCUT2D eigenvalue weighted by atomic mass is 35.5. The summed E-state index contributed by atoms with van der Waals surface area (Å²) in [6, 6.07) is 16.2. The van der Waals surface area contributed by atoms with E-state index in [1.165, 1.54) is 0 Å². The largest absolute Gasteiger partial charge is 0.462 e. The number of aryl methyl sites for hydroxylation is 2. The van der Waals surface area contributed by atoms with Crippen molar-refractivity contribution in [1.29, 1.82) is 5.26 Å². The summed E-state index contributed by atoms with van der Waals surface area (Å²) in [4.78, 5) is 24.8. The summed E-state index contributed by atoms with van der Waals surface area (Å²) in [5.74, 6) is -0.909. The highest BCUT2D eigenvalue weighted by molar-refractivity contribution is 6.31. The SMILES string of the molecule is CCOC(=O)c1cccc(-n2c(C)cc(/C=C(/C#N)C(=O)Nc3ccc(C)c(Cl)c3)c2C)c1. The van der Waals surface area contributed by atoms with Gasteiger partial charge in [-0.05, 0) is 81.3 Å². The van der Waals surface area contributed by atoms with Crippen LogP contribution in [0.25, 0.3) is 11.8 Å². The van der Waals surface area contributed by atoms with Gasteiger partial charge in [0.2, 0.25) is 0 Å². The van der Waals surface area contributed by atoms with Crippen LogP contribution in [0.1, 0.15) is 39.8 Å². The van der Waals surface area contributed by atoms with E-state index in [2.05, 4.69) is 5.32 Å². The molecule has 0 radical (unpaired) electrons. The van der Waals surface area contributed by atoms with Gasteiger partial charge in [0.05, 0.1) is 12.2 Å². The van der Waals surface area contributed by atoms with Crippen LogP contribution in [0.15, 0.2) is 54.1 Å². The van der Waals surface area contributed by atoms with Gasteiger partial charge in [0.25, 0.3) is 5.91 Å². The summed E-state index contributed by atoms with van der Waals surface area (Å²) >= 11 is 6.13. The van der Waals surface area contributed by atoms with Gasteiger partial charge in [0, 0.05) is 27.8 Å². The number of ether oxygens (including phenoxy) is 1. The van der Waals surface area contributed by atoms with Crippen molar-refractivity contribution in [3.05, 3.63) is 87.2 Å². The average molecular weight is 462 g/mol. The van der Waals surface area contributed by atoms with Crippen LogP contribution in [-0.2, 0) is 9.53 Å². The molecule has 0 saturated heterocycles. The first-order valence-corrected chi connectivity index (χ1v) is 10.8. The molecule has 0 atom stereocenters. The average Bonchev–Trinajstić information content (AvgIpc) is 3.07. The van der Waals surface area contributed by atoms with Crippen LogP contribution < -0.4 is 5.32 Å². The summed E-state index contributed by atoms with van der Waals surface area (Å²) in [5.41, 5.74) is 5.05. The molecule has 0 aliphatic carbocycles. The zero-order chi connectivity index (χ0) is 24.1. The van der Waals surface area contributed by atoms with Gasteiger partial charge in [-0.15, -0.1) is 0 Å². The van der Waals surface area contributed by atoms with Crippen LogP contribution in [0.5, 0.6) is 0 Å². The van der Waals surface area contributed by atoms with E-state index in [4.69, 9.17) is 16.3 Å². The monoisotopic (exact) mass is 461 g/mol. The Kier molecular flexibility index (Phi) is 7.37. The minimum absolute atomic E-state index is 0.0350. The van der Waals surface area contributed by atoms with E-state index in [0.29, 0.717) is 22.9 Å². The molecule has 33 heavy (non-hydrogen) atoms. The predicted octanol–water partition coefficient (Wildman–Crippen LogP) is 5.78. The second-order valence-electron chi connectivity index (χ2n) is 7.52. The number of nitrogens with one attached hydrogen (secondary N) is 1. The van der Waals surface area contributed by atoms with Gasteiger partial charge in [0.1, 0.15) is 11.6 Å². The lowest BCUT2D eigenvalue weighted by molar-refractivity contribution is -0.112. The van der Waals surface area contributed by atoms with Crippen molar-refractivity contribution in [2.24, 2.45) is 0 Å². The van der Waals surface area contributed by atoms with Gasteiger partial charge in [-0.2, -0.15) is 5.26 Å². The Labute approximate surface area is 198 Å². The van der Waals surface area contributed by atoms with Crippen molar-refractivity contribution in [2.45, 2.75) is 27.7 Å². The number of nitrogens with zero attached hydrogens (tertiary/aromatic N) is 2. The number of nitriles is 1. The van der Waals surface area contributed by atoms with Crippen LogP contribution in [0.2, 0.25) is 5.02 Å². The van der Waals surface area contributed by atoms with Gasteiger partial charge >= 0.3 is 5.97 Å². The van der Waals surface area contributed by atoms with E-state index < -0.39 is 5.91 Å². The molecule has 0 unspecified atom stereocenters. The van der Waals surface area contributed by atoms with E-state index in [-0.39, 0.29) is 11.5 Å². The Morgan fingerprint density at radius 1 is 1.15 bits per heavy atom. The number of benzene rings is 2. The number of carbonyl (C=O) groups is 2. The summed E-state index contributed by atoms with van der Waals surface area (Å²) < 4.78 is 7.05. The number of rotatable bonds is 6. The molecule has 1 aromatic heterocycles. The third-order valence-corrected chi connectivity index (χ3v) is 5.59. The first-order valence-electron chi connectivity index (χ1n) is 10.4. The molecule has 1 N–H and O–H groups in total. The van der Waals surface area contributed by atoms with Gasteiger partial charge in [-0.25, -0.2) is 4.79 Å². The first kappa shape index (κ1) is 23.8. The smallest absolute Gasteiger partial charge is 0.338 e. The first-order chi connectivity index (χ1) is 15.7. The fourth-order valence-corrected chi connectivity index (χ4v) is 3.67. The number of aromatic nitrogens is 1. The Bertz CT molecular complexity index is 1300. The summed E-state index contributed by atoms with van der Waals surface area (Å²) in [7, 11) is 0. The van der Waals surface area contributed by atoms with Gasteiger partial charge < -0.3 is 14.6 Å². The quantitative estimate of drug-likeness (QED) is 0.286. The van der Waals surface area contributed by atoms with Crippen molar-refractivity contribution in [2.75, 3.05) is 11.9 Å². The van der Waals surface area contributed by atoms with Crippen LogP contribution >= 0.6 is 11.6 Å². The number of hydrogen-bond acceptors (Lipinski definition) is 4. The minimum atomic E-state index is -0.522. The molecule has 1 heterocycles. The highest BCUT2D eigenvalue weighted by Gasteiger charge is 2.15. The number of hydrogen-bond donors (Lipinski definition) is 1. The number of anilines is 1. The van der Waals surface area contributed by atoms with Gasteiger partial charge in [-0.3, -0.25) is 4.79 Å². The van der Waals surface area contributed by atoms with Crippen molar-refractivity contribution in [1.82, 2.24) is 4.57 Å². The molecule has 2 aromatic carbocycles. The van der Waals surface area contributed by atoms with Crippen LogP contribution in [-0.4, -0.2) is 23.1 Å². The zero-order valence-electron chi connectivity index (χ0n) is 18.9. The molecule has 7 heteroatoms. The number of esters is 1. The Morgan fingerprint density at radius 2 is 1.91 bits per heavy atom. The molecule has 0 spiro atoms. The third-order valence-electron chi connectivity index (χ3n) is 5.18. The molecule has 0 bridgehead atoms. The molecular weight excluding hydrogens is 438 g/mol. The normalized spacial score (nSPS) is 11.1. The molecule has 3 aromatic rings. The molecular formula is C26H24ClN3O3. The maximum absolute atomic E-state index is 12.7. The zero-order valence-corrected chi connectivity index (χ0v) is 19.7. The number of carbonyl (C=O) groups excluding carboxylic acids is 2. The van der Waals surface area contributed by atoms with E-state index in [1.807, 2.05) is 43.5 Å². The van der Waals surface area contributed by atoms with E-state index in [0.717, 1.165) is 28.2 Å². The molecule has 1 amide bonds. The summed E-state index contributed by atoms with van der Waals surface area (Å²) in [6.07, 6.45) is 1.55. The lowest BCUT2D eigenvalue weighted by Gasteiger charge is -2.11. The molecule has 0 aliphatic heterocycles. The number of halogens is 1. The fourth-order valence-electron chi connectivity index (χ4n) is 3.49. The molecule has 6 nitrogen and oxygen atoms in total. The van der Waals surface area contributed by atoms with Crippen LogP contribution in [0.4, 0.5) is 5.69 Å². The van der Waals surface area contributed by atoms with Crippen molar-refractivity contribution >= 4 is 35.2 Å². The van der Waals surface area contributed by atoms with E-state index in [1.54, 1.807) is 49.4 Å². The Morgan fingerprint density at radius 3 is 2.58 bits per heavy atom. The molecule has 168 valence electrons. The van der Waals surface area contributed by atoms with Crippen LogP contribution in [0.3, 0.4) is 0 Å². The van der Waals surface area contributed by atoms with Crippen molar-refractivity contribution < 1.29 is 14.3 Å². The maximum atomic E-state index is 12.7. The summed E-state index contributed by atoms with van der Waals surface area (Å²) in [5, 5.41) is 12.8. The molecule has 3 rings (SSSR count). The highest BCUT2D eigenvalue weighted by Crippen LogP contribution is 2.25. The minimum Gasteiger partial charge on any atom is -0.462 e. The summed E-state index contributed by atoms with van der Waals surface area (Å²) in [6.45, 7) is 7.74. The molecule has 0 saturated carbocycles. The maximum Gasteiger partial charge on any atom is 0.338 e. The third kappa shape index (κ3) is 5.33. The van der Waals surface area contributed by atoms with Gasteiger partial charge in [-0.1, -0.05) is 23.7 Å². The van der Waals surface area contributed by atoms with Gasteiger partial charge in [0.15, 0.2) is 0 Å². The fraction of sp³-hybridized carbons (Fsp3) is 0.192. The van der Waals surface area contributed by atoms with E-state index in [9.17, 15) is 14.9 Å². The van der Waals surface area contributed by atoms with Crippen LogP contribution in [0, 0.1) is 32.1 Å². The second-order valence-corrected chi connectivity index (χ2v) is 7.93. The Balaban J connectivity index is 1.93. The van der Waals surface area contributed by atoms with E-state index >= 15 is 0 Å². The lowest BCUT2D eigenvalue weighted by Crippen LogP contribution is -2.13. The number of amides is 1. The second kappa shape index (κ2) is 10.2. The van der Waals surface area contributed by atoms with Crippen molar-refractivity contribution in [3.8, 4) is 11.8 Å². The Hall–Kier alpha value is -3.82. The molecule has 0 fully saturated rings. The standard InChI is InChI=1S/C26H24ClN3O3/c1-5-33-26(32)19-7-6-8-23(13-19)30-17(3)11-20(18(30)4)12-21(15-28)25(31)29-22-10-9-16(2)24(27)14-22/h6-14H,5H2,1-4H3,(H,29,31)/b21-12-. The topological polar surface area (TPSA) is 84.1 Å². The van der Waals surface area contributed by atoms with Crippen molar-refractivity contribution in [3.63, 3.8) is 0 Å². The molecule has 0 aliphatic rings.